The monoisotopic (exact) mass is 443 g/mol. The molecule has 2 aromatic carbocycles. The number of rotatable bonds is 8. The fourth-order valence-corrected chi connectivity index (χ4v) is 3.69. The zero-order valence-electron chi connectivity index (χ0n) is 16.8. The van der Waals surface area contributed by atoms with Crippen LogP contribution in [-0.4, -0.2) is 38.0 Å². The van der Waals surface area contributed by atoms with E-state index < -0.39 is 34.1 Å². The molecule has 164 valence electrons. The highest BCUT2D eigenvalue weighted by atomic mass is 32.2. The zero-order chi connectivity index (χ0) is 22.7. The molecule has 0 aliphatic carbocycles. The van der Waals surface area contributed by atoms with E-state index in [0.717, 1.165) is 6.26 Å². The van der Waals surface area contributed by atoms with Crippen LogP contribution in [-0.2, 0) is 14.6 Å². The van der Waals surface area contributed by atoms with Crippen molar-refractivity contribution in [1.82, 2.24) is 5.32 Å². The molecule has 5 nitrogen and oxygen atoms in total. The van der Waals surface area contributed by atoms with E-state index in [1.807, 2.05) is 0 Å². The maximum atomic E-state index is 13.6. The van der Waals surface area contributed by atoms with Crippen molar-refractivity contribution >= 4 is 15.8 Å². The van der Waals surface area contributed by atoms with Crippen LogP contribution >= 0.6 is 0 Å². The van der Waals surface area contributed by atoms with Gasteiger partial charge in [0.05, 0.1) is 4.90 Å². The number of alkyl halides is 3. The molecule has 0 aromatic heterocycles. The Balaban J connectivity index is 2.30. The molecule has 0 spiro atoms. The number of carboxylic acid groups (broad SMARTS) is 1. The van der Waals surface area contributed by atoms with Gasteiger partial charge in [0.25, 0.3) is 0 Å². The van der Waals surface area contributed by atoms with Gasteiger partial charge in [0.15, 0.2) is 9.84 Å². The Morgan fingerprint density at radius 1 is 1.00 bits per heavy atom. The molecular formula is C21H24F3NO4S. The van der Waals surface area contributed by atoms with Gasteiger partial charge >= 0.3 is 12.1 Å². The number of hydrogen-bond donors (Lipinski definition) is 2. The van der Waals surface area contributed by atoms with Crippen LogP contribution in [0.15, 0.2) is 53.4 Å². The van der Waals surface area contributed by atoms with Gasteiger partial charge in [-0.15, -0.1) is 0 Å². The lowest BCUT2D eigenvalue weighted by molar-refractivity contribution is -0.163. The number of hydrogen-bond acceptors (Lipinski definition) is 4. The van der Waals surface area contributed by atoms with Crippen LogP contribution in [0.25, 0.3) is 11.1 Å². The van der Waals surface area contributed by atoms with Crippen molar-refractivity contribution in [2.75, 3.05) is 6.26 Å². The first kappa shape index (κ1) is 23.9. The second-order valence-electron chi connectivity index (χ2n) is 7.58. The molecule has 0 saturated heterocycles. The molecule has 0 amide bonds. The van der Waals surface area contributed by atoms with Crippen LogP contribution in [0.4, 0.5) is 13.2 Å². The van der Waals surface area contributed by atoms with Crippen molar-refractivity contribution < 1.29 is 31.5 Å². The van der Waals surface area contributed by atoms with Crippen molar-refractivity contribution in [2.24, 2.45) is 5.92 Å². The third-order valence-corrected chi connectivity index (χ3v) is 5.69. The second-order valence-corrected chi connectivity index (χ2v) is 9.60. The molecule has 2 N–H and O–H groups in total. The first-order chi connectivity index (χ1) is 13.8. The first-order valence-electron chi connectivity index (χ1n) is 9.25. The Kier molecular flexibility index (Phi) is 7.31. The van der Waals surface area contributed by atoms with Gasteiger partial charge in [-0.05, 0) is 41.2 Å². The molecule has 30 heavy (non-hydrogen) atoms. The molecule has 2 atom stereocenters. The van der Waals surface area contributed by atoms with Gasteiger partial charge in [0, 0.05) is 6.26 Å². The van der Waals surface area contributed by atoms with Gasteiger partial charge in [-0.3, -0.25) is 10.1 Å². The number of carbonyl (C=O) groups is 1. The quantitative estimate of drug-likeness (QED) is 0.630. The van der Waals surface area contributed by atoms with Crippen molar-refractivity contribution in [2.45, 2.75) is 43.4 Å². The van der Waals surface area contributed by atoms with Gasteiger partial charge in [0.2, 0.25) is 0 Å². The van der Waals surface area contributed by atoms with E-state index in [2.05, 4.69) is 5.32 Å². The predicted molar refractivity (Wildman–Crippen MR) is 108 cm³/mol. The molecule has 0 aliphatic rings. The molecule has 2 rings (SSSR count). The van der Waals surface area contributed by atoms with Crippen LogP contribution in [0.2, 0.25) is 0 Å². The van der Waals surface area contributed by atoms with Crippen LogP contribution in [0.3, 0.4) is 0 Å². The summed E-state index contributed by atoms with van der Waals surface area (Å²) in [4.78, 5) is 11.5. The van der Waals surface area contributed by atoms with Crippen molar-refractivity contribution in [1.29, 1.82) is 0 Å². The van der Waals surface area contributed by atoms with Crippen LogP contribution < -0.4 is 5.32 Å². The van der Waals surface area contributed by atoms with E-state index in [4.69, 9.17) is 0 Å². The maximum Gasteiger partial charge on any atom is 0.407 e. The SMILES string of the molecule is CC(C)C[C@H](NC(c1ccc(-c2ccc(S(C)(=O)=O)cc2)cc1)C(F)(F)F)C(=O)O. The molecule has 0 saturated carbocycles. The Labute approximate surface area is 173 Å². The van der Waals surface area contributed by atoms with Gasteiger partial charge in [0.1, 0.15) is 12.1 Å². The summed E-state index contributed by atoms with van der Waals surface area (Å²) in [6.45, 7) is 3.48. The average molecular weight is 443 g/mol. The standard InChI is InChI=1S/C21H24F3NO4S/c1-13(2)12-18(20(26)27)25-19(21(22,23)24)16-6-4-14(5-7-16)15-8-10-17(11-9-15)30(3,28)29/h4-11,13,18-19,25H,12H2,1-3H3,(H,26,27)/t18-,19?/m0/s1. The van der Waals surface area contributed by atoms with E-state index in [1.54, 1.807) is 26.0 Å². The summed E-state index contributed by atoms with van der Waals surface area (Å²) in [5.74, 6) is -1.43. The number of carboxylic acids is 1. The normalized spacial score (nSPS) is 14.5. The molecule has 0 bridgehead atoms. The first-order valence-corrected chi connectivity index (χ1v) is 11.1. The fraction of sp³-hybridized carbons (Fsp3) is 0.381. The Bertz CT molecular complexity index is 969. The Morgan fingerprint density at radius 3 is 1.83 bits per heavy atom. The van der Waals surface area contributed by atoms with Gasteiger partial charge < -0.3 is 5.11 Å². The fourth-order valence-electron chi connectivity index (χ4n) is 3.06. The van der Waals surface area contributed by atoms with Crippen molar-refractivity contribution in [3.05, 3.63) is 54.1 Å². The van der Waals surface area contributed by atoms with E-state index in [1.165, 1.54) is 36.4 Å². The van der Waals surface area contributed by atoms with E-state index in [0.29, 0.717) is 11.1 Å². The molecule has 1 unspecified atom stereocenters. The summed E-state index contributed by atoms with van der Waals surface area (Å²) in [5.41, 5.74) is 1.15. The smallest absolute Gasteiger partial charge is 0.407 e. The summed E-state index contributed by atoms with van der Waals surface area (Å²) in [5, 5.41) is 11.5. The summed E-state index contributed by atoms with van der Waals surface area (Å²) < 4.78 is 64.0. The molecule has 0 aliphatic heterocycles. The highest BCUT2D eigenvalue weighted by Crippen LogP contribution is 2.34. The number of aliphatic carboxylic acids is 1. The van der Waals surface area contributed by atoms with Gasteiger partial charge in [-0.25, -0.2) is 8.42 Å². The summed E-state index contributed by atoms with van der Waals surface area (Å²) in [7, 11) is -3.34. The lowest BCUT2D eigenvalue weighted by atomic mass is 9.98. The third-order valence-electron chi connectivity index (χ3n) is 4.56. The largest absolute Gasteiger partial charge is 0.480 e. The molecule has 0 heterocycles. The van der Waals surface area contributed by atoms with E-state index >= 15 is 0 Å². The predicted octanol–water partition coefficient (Wildman–Crippen LogP) is 4.45. The highest BCUT2D eigenvalue weighted by molar-refractivity contribution is 7.90. The Morgan fingerprint density at radius 2 is 1.47 bits per heavy atom. The van der Waals surface area contributed by atoms with Gasteiger partial charge in [-0.2, -0.15) is 13.2 Å². The van der Waals surface area contributed by atoms with Crippen LogP contribution in [0.1, 0.15) is 31.9 Å². The van der Waals surface area contributed by atoms with Crippen molar-refractivity contribution in [3.63, 3.8) is 0 Å². The average Bonchev–Trinajstić information content (AvgIpc) is 2.63. The minimum Gasteiger partial charge on any atom is -0.480 e. The zero-order valence-corrected chi connectivity index (χ0v) is 17.6. The molecular weight excluding hydrogens is 419 g/mol. The van der Waals surface area contributed by atoms with E-state index in [-0.39, 0.29) is 22.8 Å². The molecule has 9 heteroatoms. The topological polar surface area (TPSA) is 83.5 Å². The maximum absolute atomic E-state index is 13.6. The lowest BCUT2D eigenvalue weighted by Crippen LogP contribution is -2.45. The number of sulfone groups is 1. The minimum absolute atomic E-state index is 0.0622. The Hall–Kier alpha value is -2.39. The van der Waals surface area contributed by atoms with Crippen LogP contribution in [0, 0.1) is 5.92 Å². The highest BCUT2D eigenvalue weighted by Gasteiger charge is 2.42. The molecule has 2 aromatic rings. The summed E-state index contributed by atoms with van der Waals surface area (Å²) in [6, 6.07) is 8.12. The second kappa shape index (κ2) is 9.18. The third kappa shape index (κ3) is 6.30. The van der Waals surface area contributed by atoms with Crippen molar-refractivity contribution in [3.8, 4) is 11.1 Å². The number of benzene rings is 2. The van der Waals surface area contributed by atoms with Gasteiger partial charge in [-0.1, -0.05) is 50.2 Å². The molecule has 0 fully saturated rings. The summed E-state index contributed by atoms with van der Waals surface area (Å²) >= 11 is 0. The minimum atomic E-state index is -4.68. The van der Waals surface area contributed by atoms with Crippen LogP contribution in [0.5, 0.6) is 0 Å². The molecule has 0 radical (unpaired) electrons. The van der Waals surface area contributed by atoms with E-state index in [9.17, 15) is 31.5 Å². The number of halogens is 3. The summed E-state index contributed by atoms with van der Waals surface area (Å²) in [6.07, 6.45) is -3.53. The lowest BCUT2D eigenvalue weighted by Gasteiger charge is -2.27. The number of nitrogens with one attached hydrogen (secondary N) is 1.